The Bertz CT molecular complexity index is 148. The van der Waals surface area contributed by atoms with Gasteiger partial charge in [0, 0.05) is 0 Å². The van der Waals surface area contributed by atoms with Crippen LogP contribution in [0.5, 0.6) is 0 Å². The molecule has 0 rings (SSSR count). The number of unbranched alkanes of at least 4 members (excludes halogenated alkanes) is 1. The Morgan fingerprint density at radius 1 is 1.31 bits per heavy atom. The van der Waals surface area contributed by atoms with Crippen molar-refractivity contribution in [3.8, 4) is 0 Å². The van der Waals surface area contributed by atoms with Crippen LogP contribution in [-0.2, 0) is 4.79 Å². The number of carbonyl (C=O) groups is 1. The van der Waals surface area contributed by atoms with Gasteiger partial charge < -0.3 is 10.8 Å². The highest BCUT2D eigenvalue weighted by molar-refractivity contribution is 5.73. The van der Waals surface area contributed by atoms with E-state index in [4.69, 9.17) is 10.8 Å². The summed E-state index contributed by atoms with van der Waals surface area (Å²) in [6, 6.07) is -0.675. The molecule has 0 aromatic heterocycles. The molecule has 0 aromatic rings. The minimum atomic E-state index is -0.866. The van der Waals surface area contributed by atoms with Crippen molar-refractivity contribution in [3.63, 3.8) is 0 Å². The van der Waals surface area contributed by atoms with Crippen LogP contribution in [0, 0.1) is 5.92 Å². The molecule has 3 nitrogen and oxygen atoms in total. The van der Waals surface area contributed by atoms with Gasteiger partial charge in [-0.25, -0.2) is 0 Å². The first kappa shape index (κ1) is 12.4. The van der Waals surface area contributed by atoms with Gasteiger partial charge in [0.1, 0.15) is 6.04 Å². The fraction of sp³-hybridized carbons (Fsp3) is 0.900. The van der Waals surface area contributed by atoms with Crippen LogP contribution in [0.2, 0.25) is 0 Å². The zero-order valence-corrected chi connectivity index (χ0v) is 8.62. The Morgan fingerprint density at radius 3 is 2.31 bits per heavy atom. The van der Waals surface area contributed by atoms with Gasteiger partial charge in [-0.05, 0) is 18.8 Å². The standard InChI is InChI=1S/C10H21NO2/c1-3-5-7-8(6-4-2)9(11)10(12)13/h8-9H,3-7,11H2,1-2H3,(H,12,13). The summed E-state index contributed by atoms with van der Waals surface area (Å²) in [6.45, 7) is 4.17. The number of carboxylic acid groups (broad SMARTS) is 1. The highest BCUT2D eigenvalue weighted by atomic mass is 16.4. The average Bonchev–Trinajstić information content (AvgIpc) is 2.11. The Labute approximate surface area is 80.3 Å². The van der Waals surface area contributed by atoms with Crippen LogP contribution in [0.1, 0.15) is 46.0 Å². The van der Waals surface area contributed by atoms with Crippen LogP contribution in [0.4, 0.5) is 0 Å². The van der Waals surface area contributed by atoms with Gasteiger partial charge in [0.15, 0.2) is 0 Å². The normalized spacial score (nSPS) is 15.3. The van der Waals surface area contributed by atoms with E-state index < -0.39 is 12.0 Å². The van der Waals surface area contributed by atoms with Crippen LogP contribution in [0.15, 0.2) is 0 Å². The zero-order chi connectivity index (χ0) is 10.3. The van der Waals surface area contributed by atoms with Gasteiger partial charge in [0.05, 0.1) is 0 Å². The van der Waals surface area contributed by atoms with Gasteiger partial charge in [-0.15, -0.1) is 0 Å². The fourth-order valence-electron chi connectivity index (χ4n) is 1.54. The molecule has 0 saturated carbocycles. The van der Waals surface area contributed by atoms with Gasteiger partial charge in [-0.1, -0.05) is 33.1 Å². The second-order valence-corrected chi connectivity index (χ2v) is 3.56. The molecule has 0 radical (unpaired) electrons. The van der Waals surface area contributed by atoms with Gasteiger partial charge in [0.25, 0.3) is 0 Å². The third-order valence-electron chi connectivity index (χ3n) is 2.38. The van der Waals surface area contributed by atoms with E-state index in [0.717, 1.165) is 32.1 Å². The van der Waals surface area contributed by atoms with E-state index in [1.807, 2.05) is 0 Å². The molecule has 0 spiro atoms. The lowest BCUT2D eigenvalue weighted by molar-refractivity contribution is -0.140. The summed E-state index contributed by atoms with van der Waals surface area (Å²) in [5, 5.41) is 8.75. The first-order chi connectivity index (χ1) is 6.13. The first-order valence-corrected chi connectivity index (χ1v) is 5.11. The predicted octanol–water partition coefficient (Wildman–Crippen LogP) is 2.00. The largest absolute Gasteiger partial charge is 0.480 e. The third kappa shape index (κ3) is 4.88. The van der Waals surface area contributed by atoms with E-state index in [1.165, 1.54) is 0 Å². The molecule has 78 valence electrons. The Kier molecular flexibility index (Phi) is 6.59. The highest BCUT2D eigenvalue weighted by Crippen LogP contribution is 2.17. The summed E-state index contributed by atoms with van der Waals surface area (Å²) < 4.78 is 0. The van der Waals surface area contributed by atoms with Crippen LogP contribution in [0.25, 0.3) is 0 Å². The van der Waals surface area contributed by atoms with Gasteiger partial charge in [-0.2, -0.15) is 0 Å². The molecule has 0 aromatic carbocycles. The van der Waals surface area contributed by atoms with E-state index in [0.29, 0.717) is 0 Å². The van der Waals surface area contributed by atoms with E-state index in [-0.39, 0.29) is 5.92 Å². The van der Waals surface area contributed by atoms with Crippen molar-refractivity contribution in [3.05, 3.63) is 0 Å². The minimum absolute atomic E-state index is 0.155. The lowest BCUT2D eigenvalue weighted by atomic mass is 9.90. The van der Waals surface area contributed by atoms with Crippen LogP contribution >= 0.6 is 0 Å². The number of hydrogen-bond acceptors (Lipinski definition) is 2. The molecule has 0 aliphatic heterocycles. The van der Waals surface area contributed by atoms with E-state index in [1.54, 1.807) is 0 Å². The van der Waals surface area contributed by atoms with Crippen molar-refractivity contribution < 1.29 is 9.90 Å². The van der Waals surface area contributed by atoms with Crippen molar-refractivity contribution in [2.45, 2.75) is 52.0 Å². The van der Waals surface area contributed by atoms with Gasteiger partial charge in [-0.3, -0.25) is 4.79 Å². The van der Waals surface area contributed by atoms with E-state index in [9.17, 15) is 4.79 Å². The molecule has 13 heavy (non-hydrogen) atoms. The minimum Gasteiger partial charge on any atom is -0.480 e. The third-order valence-corrected chi connectivity index (χ3v) is 2.38. The smallest absolute Gasteiger partial charge is 0.320 e. The summed E-state index contributed by atoms with van der Waals surface area (Å²) in [7, 11) is 0. The lowest BCUT2D eigenvalue weighted by Gasteiger charge is -2.19. The zero-order valence-electron chi connectivity index (χ0n) is 8.62. The molecule has 0 aliphatic rings. The lowest BCUT2D eigenvalue weighted by Crippen LogP contribution is -2.37. The molecule has 2 atom stereocenters. The van der Waals surface area contributed by atoms with Crippen LogP contribution < -0.4 is 5.73 Å². The van der Waals surface area contributed by atoms with Gasteiger partial charge >= 0.3 is 5.97 Å². The number of hydrogen-bond donors (Lipinski definition) is 2. The predicted molar refractivity (Wildman–Crippen MR) is 53.5 cm³/mol. The highest BCUT2D eigenvalue weighted by Gasteiger charge is 2.22. The Hall–Kier alpha value is -0.570. The van der Waals surface area contributed by atoms with E-state index >= 15 is 0 Å². The van der Waals surface area contributed by atoms with Crippen molar-refractivity contribution in [1.29, 1.82) is 0 Å². The summed E-state index contributed by atoms with van der Waals surface area (Å²) >= 11 is 0. The SMILES string of the molecule is CCCCC(CCC)C(N)C(=O)O. The van der Waals surface area contributed by atoms with Gasteiger partial charge in [0.2, 0.25) is 0 Å². The van der Waals surface area contributed by atoms with Crippen LogP contribution in [-0.4, -0.2) is 17.1 Å². The maximum atomic E-state index is 10.7. The monoisotopic (exact) mass is 187 g/mol. The first-order valence-electron chi connectivity index (χ1n) is 5.11. The number of aliphatic carboxylic acids is 1. The number of rotatable bonds is 7. The van der Waals surface area contributed by atoms with Crippen molar-refractivity contribution >= 4 is 5.97 Å². The summed E-state index contributed by atoms with van der Waals surface area (Å²) in [6.07, 6.45) is 5.05. The molecule has 2 unspecified atom stereocenters. The Balaban J connectivity index is 3.98. The molecule has 0 saturated heterocycles. The number of carboxylic acids is 1. The second kappa shape index (κ2) is 6.89. The van der Waals surface area contributed by atoms with E-state index in [2.05, 4.69) is 13.8 Å². The van der Waals surface area contributed by atoms with Crippen molar-refractivity contribution in [2.24, 2.45) is 11.7 Å². The molecule has 3 heteroatoms. The quantitative estimate of drug-likeness (QED) is 0.640. The molecular formula is C10H21NO2. The maximum Gasteiger partial charge on any atom is 0.320 e. The summed E-state index contributed by atoms with van der Waals surface area (Å²) in [4.78, 5) is 10.7. The topological polar surface area (TPSA) is 63.3 Å². The van der Waals surface area contributed by atoms with Crippen LogP contribution in [0.3, 0.4) is 0 Å². The maximum absolute atomic E-state index is 10.7. The molecule has 0 aliphatic carbocycles. The summed E-state index contributed by atoms with van der Waals surface area (Å²) in [5.41, 5.74) is 5.59. The number of nitrogens with two attached hydrogens (primary N) is 1. The molecule has 3 N–H and O–H groups in total. The summed E-state index contributed by atoms with van der Waals surface area (Å²) in [5.74, 6) is -0.711. The fourth-order valence-corrected chi connectivity index (χ4v) is 1.54. The molecule has 0 heterocycles. The molecule has 0 fully saturated rings. The van der Waals surface area contributed by atoms with Crippen molar-refractivity contribution in [1.82, 2.24) is 0 Å². The Morgan fingerprint density at radius 2 is 1.92 bits per heavy atom. The second-order valence-electron chi connectivity index (χ2n) is 3.56. The van der Waals surface area contributed by atoms with Crippen molar-refractivity contribution in [2.75, 3.05) is 0 Å². The molecule has 0 bridgehead atoms. The average molecular weight is 187 g/mol. The molecule has 0 amide bonds. The molecular weight excluding hydrogens is 166 g/mol.